The summed E-state index contributed by atoms with van der Waals surface area (Å²) >= 11 is 0. The van der Waals surface area contributed by atoms with Crippen molar-refractivity contribution >= 4 is 34.4 Å². The quantitative estimate of drug-likeness (QED) is 0.320. The molecule has 1 aliphatic rings. The van der Waals surface area contributed by atoms with Crippen molar-refractivity contribution in [2.75, 3.05) is 10.6 Å². The van der Waals surface area contributed by atoms with Gasteiger partial charge in [0.2, 0.25) is 11.9 Å². The van der Waals surface area contributed by atoms with E-state index in [0.717, 1.165) is 28.5 Å². The second kappa shape index (κ2) is 8.73. The van der Waals surface area contributed by atoms with Crippen LogP contribution >= 0.6 is 0 Å². The fourth-order valence-electron chi connectivity index (χ4n) is 3.91. The molecule has 178 valence electrons. The molecule has 0 aliphatic heterocycles. The number of anilines is 3. The number of carbonyl (C=O) groups is 1. The number of imidazole rings is 1. The van der Waals surface area contributed by atoms with E-state index in [4.69, 9.17) is 10.7 Å². The minimum Gasteiger partial charge on any atom is -0.367 e. The highest BCUT2D eigenvalue weighted by Crippen LogP contribution is 2.29. The minimum absolute atomic E-state index is 0.404. The molecule has 0 bridgehead atoms. The summed E-state index contributed by atoms with van der Waals surface area (Å²) in [6, 6.07) is 13.5. The molecule has 2 aromatic carbocycles. The van der Waals surface area contributed by atoms with Gasteiger partial charge >= 0.3 is 0 Å². The fourth-order valence-corrected chi connectivity index (χ4v) is 3.91. The van der Waals surface area contributed by atoms with Crippen LogP contribution in [-0.2, 0) is 0 Å². The van der Waals surface area contributed by atoms with Gasteiger partial charge in [-0.1, -0.05) is 12.1 Å². The van der Waals surface area contributed by atoms with Crippen molar-refractivity contribution in [2.45, 2.75) is 25.8 Å². The number of nitrogens with zero attached hydrogens (tertiary/aromatic N) is 6. The third kappa shape index (κ3) is 4.31. The van der Waals surface area contributed by atoms with Crippen molar-refractivity contribution in [3.63, 3.8) is 0 Å². The Kier molecular flexibility index (Phi) is 5.25. The number of fused-ring (bicyclic) bond motifs is 1. The van der Waals surface area contributed by atoms with Gasteiger partial charge in [0, 0.05) is 41.3 Å². The van der Waals surface area contributed by atoms with Crippen molar-refractivity contribution in [3.05, 3.63) is 78.5 Å². The van der Waals surface area contributed by atoms with E-state index in [9.17, 15) is 4.79 Å². The van der Waals surface area contributed by atoms with Crippen molar-refractivity contribution in [1.29, 1.82) is 0 Å². The largest absolute Gasteiger partial charge is 0.367 e. The van der Waals surface area contributed by atoms with E-state index in [1.54, 1.807) is 36.9 Å². The van der Waals surface area contributed by atoms with Gasteiger partial charge in [0.25, 0.3) is 0 Å². The molecule has 0 spiro atoms. The van der Waals surface area contributed by atoms with Crippen LogP contribution < -0.4 is 16.4 Å². The second-order valence-electron chi connectivity index (χ2n) is 8.78. The standard InChI is InChI=1S/C26H23N9O/c1-15-2-3-16(22-13-29-21-11-17(25(27)36)4-7-19(21)33-22)10-20(15)34-26-28-8-9-35(26)24-12-23(30-14-31-24)32-18-5-6-18/h2-4,7-14,18H,5-6H2,1H3,(H2,27,36)(H,28,34)(H,30,31,32). The third-order valence-electron chi connectivity index (χ3n) is 6.08. The summed E-state index contributed by atoms with van der Waals surface area (Å²) in [5.74, 6) is 1.67. The average Bonchev–Trinajstić information content (AvgIpc) is 3.58. The molecule has 0 saturated heterocycles. The molecule has 10 heteroatoms. The summed E-state index contributed by atoms with van der Waals surface area (Å²) < 4.78 is 1.89. The van der Waals surface area contributed by atoms with E-state index in [1.807, 2.05) is 42.0 Å². The van der Waals surface area contributed by atoms with Crippen LogP contribution in [0.25, 0.3) is 28.1 Å². The summed E-state index contributed by atoms with van der Waals surface area (Å²) in [4.78, 5) is 33.9. The Labute approximate surface area is 206 Å². The van der Waals surface area contributed by atoms with E-state index in [2.05, 4.69) is 30.6 Å². The summed E-state index contributed by atoms with van der Waals surface area (Å²) in [6.07, 6.45) is 9.18. The van der Waals surface area contributed by atoms with E-state index in [1.165, 1.54) is 12.8 Å². The SMILES string of the molecule is Cc1ccc(-c2cnc3cc(C(N)=O)ccc3n2)cc1Nc1nccn1-c1cc(NC2CC2)ncn1. The molecule has 1 saturated carbocycles. The first-order chi connectivity index (χ1) is 17.5. The molecule has 3 aromatic heterocycles. The first-order valence-electron chi connectivity index (χ1n) is 11.6. The predicted molar refractivity (Wildman–Crippen MR) is 137 cm³/mol. The lowest BCUT2D eigenvalue weighted by Gasteiger charge is -2.13. The molecule has 0 unspecified atom stereocenters. The number of benzene rings is 2. The van der Waals surface area contributed by atoms with Crippen LogP contribution in [0.15, 0.2) is 67.4 Å². The Morgan fingerprint density at radius 2 is 1.92 bits per heavy atom. The van der Waals surface area contributed by atoms with Crippen molar-refractivity contribution in [2.24, 2.45) is 5.73 Å². The number of primary amides is 1. The topological polar surface area (TPSA) is 137 Å². The normalized spacial score (nSPS) is 13.0. The Bertz CT molecular complexity index is 1610. The van der Waals surface area contributed by atoms with Crippen LogP contribution in [0, 0.1) is 6.92 Å². The smallest absolute Gasteiger partial charge is 0.248 e. The zero-order valence-electron chi connectivity index (χ0n) is 19.5. The van der Waals surface area contributed by atoms with E-state index in [0.29, 0.717) is 34.3 Å². The molecular weight excluding hydrogens is 454 g/mol. The molecule has 6 rings (SSSR count). The summed E-state index contributed by atoms with van der Waals surface area (Å²) in [5.41, 5.74) is 10.6. The van der Waals surface area contributed by atoms with Gasteiger partial charge in [-0.15, -0.1) is 0 Å². The van der Waals surface area contributed by atoms with Gasteiger partial charge < -0.3 is 16.4 Å². The first kappa shape index (κ1) is 21.7. The Morgan fingerprint density at radius 3 is 2.75 bits per heavy atom. The average molecular weight is 478 g/mol. The third-order valence-corrected chi connectivity index (χ3v) is 6.08. The highest BCUT2D eigenvalue weighted by atomic mass is 16.1. The molecule has 5 aromatic rings. The lowest BCUT2D eigenvalue weighted by molar-refractivity contribution is 0.100. The number of amides is 1. The van der Waals surface area contributed by atoms with Crippen LogP contribution in [0.4, 0.5) is 17.5 Å². The second-order valence-corrected chi connectivity index (χ2v) is 8.78. The molecule has 0 radical (unpaired) electrons. The van der Waals surface area contributed by atoms with Crippen LogP contribution in [0.3, 0.4) is 0 Å². The number of hydrogen-bond donors (Lipinski definition) is 3. The lowest BCUT2D eigenvalue weighted by atomic mass is 10.1. The molecule has 1 amide bonds. The van der Waals surface area contributed by atoms with E-state index in [-0.39, 0.29) is 0 Å². The number of nitrogens with one attached hydrogen (secondary N) is 2. The highest BCUT2D eigenvalue weighted by molar-refractivity contribution is 5.96. The maximum atomic E-state index is 11.5. The van der Waals surface area contributed by atoms with Gasteiger partial charge in [-0.25, -0.2) is 19.9 Å². The Hall–Kier alpha value is -4.86. The predicted octanol–water partition coefficient (Wildman–Crippen LogP) is 4.00. The summed E-state index contributed by atoms with van der Waals surface area (Å²) in [6.45, 7) is 2.03. The zero-order chi connectivity index (χ0) is 24.6. The number of hydrogen-bond acceptors (Lipinski definition) is 8. The molecule has 36 heavy (non-hydrogen) atoms. The zero-order valence-corrected chi connectivity index (χ0v) is 19.5. The van der Waals surface area contributed by atoms with E-state index < -0.39 is 5.91 Å². The van der Waals surface area contributed by atoms with Crippen LogP contribution in [0.5, 0.6) is 0 Å². The van der Waals surface area contributed by atoms with Crippen molar-refractivity contribution in [3.8, 4) is 17.1 Å². The van der Waals surface area contributed by atoms with Crippen LogP contribution in [0.2, 0.25) is 0 Å². The van der Waals surface area contributed by atoms with Gasteiger partial charge in [-0.3, -0.25) is 14.3 Å². The number of nitrogens with two attached hydrogens (primary N) is 1. The molecule has 10 nitrogen and oxygen atoms in total. The maximum Gasteiger partial charge on any atom is 0.248 e. The van der Waals surface area contributed by atoms with Crippen molar-refractivity contribution < 1.29 is 4.79 Å². The Morgan fingerprint density at radius 1 is 1.03 bits per heavy atom. The van der Waals surface area contributed by atoms with Crippen LogP contribution in [0.1, 0.15) is 28.8 Å². The van der Waals surface area contributed by atoms with Crippen molar-refractivity contribution in [1.82, 2.24) is 29.5 Å². The highest BCUT2D eigenvalue weighted by Gasteiger charge is 2.21. The maximum absolute atomic E-state index is 11.5. The molecular formula is C26H23N9O. The summed E-state index contributed by atoms with van der Waals surface area (Å²) in [5, 5.41) is 6.83. The van der Waals surface area contributed by atoms with Gasteiger partial charge in [-0.05, 0) is 49.6 Å². The van der Waals surface area contributed by atoms with Gasteiger partial charge in [0.15, 0.2) is 0 Å². The van der Waals surface area contributed by atoms with Gasteiger partial charge in [-0.2, -0.15) is 0 Å². The number of aromatic nitrogens is 6. The Balaban J connectivity index is 1.30. The monoisotopic (exact) mass is 477 g/mol. The fraction of sp³-hybridized carbons (Fsp3) is 0.154. The molecule has 3 heterocycles. The first-order valence-corrected chi connectivity index (χ1v) is 11.6. The van der Waals surface area contributed by atoms with Gasteiger partial charge in [0.05, 0.1) is 22.9 Å². The number of aryl methyl sites for hydroxylation is 1. The van der Waals surface area contributed by atoms with Crippen LogP contribution in [-0.4, -0.2) is 41.4 Å². The molecule has 0 atom stereocenters. The number of carbonyl (C=O) groups excluding carboxylic acids is 1. The molecule has 1 aliphatic carbocycles. The lowest BCUT2D eigenvalue weighted by Crippen LogP contribution is -2.10. The minimum atomic E-state index is -0.493. The number of rotatable bonds is 7. The molecule has 1 fully saturated rings. The summed E-state index contributed by atoms with van der Waals surface area (Å²) in [7, 11) is 0. The molecule has 4 N–H and O–H groups in total. The van der Waals surface area contributed by atoms with Gasteiger partial charge in [0.1, 0.15) is 18.0 Å². The van der Waals surface area contributed by atoms with E-state index >= 15 is 0 Å².